The van der Waals surface area contributed by atoms with Gasteiger partial charge in [-0.05, 0) is 55.7 Å². The minimum atomic E-state index is -0.0319. The van der Waals surface area contributed by atoms with Gasteiger partial charge in [-0.1, -0.05) is 37.3 Å². The highest BCUT2D eigenvalue weighted by Gasteiger charge is 2.24. The van der Waals surface area contributed by atoms with Gasteiger partial charge in [-0.25, -0.2) is 0 Å². The first kappa shape index (κ1) is 24.5. The predicted molar refractivity (Wildman–Crippen MR) is 142 cm³/mol. The van der Waals surface area contributed by atoms with Crippen molar-refractivity contribution in [3.05, 3.63) is 59.9 Å². The molecule has 4 rings (SSSR count). The molecular weight excluding hydrogens is 446 g/mol. The maximum Gasteiger partial charge on any atom is 0.176 e. The van der Waals surface area contributed by atoms with Crippen molar-refractivity contribution in [3.8, 4) is 5.75 Å². The van der Waals surface area contributed by atoms with Gasteiger partial charge in [0.1, 0.15) is 5.76 Å². The summed E-state index contributed by atoms with van der Waals surface area (Å²) in [5.41, 5.74) is 3.08. The Hall–Kier alpha value is -2.61. The number of thiocarbonyl (C=S) groups is 1. The molecule has 0 spiro atoms. The first-order chi connectivity index (χ1) is 16.6. The van der Waals surface area contributed by atoms with Crippen molar-refractivity contribution < 1.29 is 13.9 Å². The monoisotopic (exact) mass is 481 g/mol. The molecule has 1 fully saturated rings. The van der Waals surface area contributed by atoms with Crippen LogP contribution in [0.5, 0.6) is 5.75 Å². The summed E-state index contributed by atoms with van der Waals surface area (Å²) >= 11 is 5.96. The van der Waals surface area contributed by atoms with Crippen molar-refractivity contribution >= 4 is 34.0 Å². The van der Waals surface area contributed by atoms with Gasteiger partial charge in [-0.3, -0.25) is 4.90 Å². The van der Waals surface area contributed by atoms with Crippen molar-refractivity contribution in [2.24, 2.45) is 0 Å². The van der Waals surface area contributed by atoms with Gasteiger partial charge in [-0.2, -0.15) is 0 Å². The minimum Gasteiger partial charge on any atom is -0.493 e. The van der Waals surface area contributed by atoms with E-state index in [1.165, 1.54) is 5.56 Å². The minimum absolute atomic E-state index is 0.0319. The zero-order chi connectivity index (χ0) is 23.9. The molecule has 0 amide bonds. The summed E-state index contributed by atoms with van der Waals surface area (Å²) in [6.45, 7) is 9.77. The second-order valence-electron chi connectivity index (χ2n) is 8.65. The Morgan fingerprint density at radius 1 is 1.18 bits per heavy atom. The van der Waals surface area contributed by atoms with Gasteiger partial charge in [-0.15, -0.1) is 0 Å². The van der Waals surface area contributed by atoms with E-state index in [4.69, 9.17) is 26.1 Å². The van der Waals surface area contributed by atoms with Crippen molar-refractivity contribution in [3.63, 3.8) is 0 Å². The molecule has 0 bridgehead atoms. The van der Waals surface area contributed by atoms with Crippen LogP contribution >= 0.6 is 12.2 Å². The maximum atomic E-state index is 6.29. The summed E-state index contributed by atoms with van der Waals surface area (Å²) in [5.74, 6) is 1.62. The number of nitrogens with zero attached hydrogens (tertiary/aromatic N) is 2. The van der Waals surface area contributed by atoms with Crippen molar-refractivity contribution in [2.75, 3.05) is 51.8 Å². The van der Waals surface area contributed by atoms with Gasteiger partial charge >= 0.3 is 0 Å². The van der Waals surface area contributed by atoms with E-state index in [1.807, 2.05) is 18.2 Å². The third kappa shape index (κ3) is 5.71. The Bertz CT molecular complexity index is 1090. The van der Waals surface area contributed by atoms with Crippen LogP contribution in [0.3, 0.4) is 0 Å². The average molecular weight is 482 g/mol. The topological polar surface area (TPSA) is 50.1 Å². The number of morpholine rings is 1. The fourth-order valence-electron chi connectivity index (χ4n) is 4.47. The van der Waals surface area contributed by atoms with Crippen LogP contribution in [0.15, 0.2) is 52.9 Å². The Morgan fingerprint density at radius 3 is 2.74 bits per heavy atom. The fraction of sp³-hybridized carbons (Fsp3) is 0.444. The molecule has 1 aliphatic heterocycles. The van der Waals surface area contributed by atoms with Crippen LogP contribution in [0.1, 0.15) is 37.6 Å². The lowest BCUT2D eigenvalue weighted by molar-refractivity contribution is 0.0365. The van der Waals surface area contributed by atoms with Gasteiger partial charge in [0.25, 0.3) is 0 Å². The third-order valence-corrected chi connectivity index (χ3v) is 6.84. The fourth-order valence-corrected chi connectivity index (χ4v) is 4.83. The van der Waals surface area contributed by atoms with E-state index in [2.05, 4.69) is 59.3 Å². The summed E-state index contributed by atoms with van der Waals surface area (Å²) in [6.07, 6.45) is 1.95. The van der Waals surface area contributed by atoms with Crippen molar-refractivity contribution in [2.45, 2.75) is 32.7 Å². The third-order valence-electron chi connectivity index (χ3n) is 6.50. The lowest BCUT2D eigenvalue weighted by atomic mass is 10.1. The van der Waals surface area contributed by atoms with Crippen molar-refractivity contribution in [1.82, 2.24) is 9.80 Å². The Labute approximate surface area is 207 Å². The number of hydrogen-bond donors (Lipinski definition) is 1. The molecule has 0 aliphatic carbocycles. The number of rotatable bonds is 9. The number of hydrogen-bond acceptors (Lipinski definition) is 5. The molecule has 1 aromatic heterocycles. The lowest BCUT2D eigenvalue weighted by Gasteiger charge is -2.33. The quantitative estimate of drug-likeness (QED) is 0.406. The highest BCUT2D eigenvalue weighted by molar-refractivity contribution is 7.80. The van der Waals surface area contributed by atoms with Crippen LogP contribution in [0, 0.1) is 0 Å². The summed E-state index contributed by atoms with van der Waals surface area (Å²) < 4.78 is 17.3. The van der Waals surface area contributed by atoms with E-state index in [0.29, 0.717) is 5.11 Å². The molecule has 2 aromatic carbocycles. The van der Waals surface area contributed by atoms with E-state index < -0.39 is 0 Å². The number of para-hydroxylation sites is 2. The zero-order valence-electron chi connectivity index (χ0n) is 20.4. The van der Waals surface area contributed by atoms with E-state index in [9.17, 15) is 0 Å². The van der Waals surface area contributed by atoms with Crippen LogP contribution in [0.2, 0.25) is 0 Å². The average Bonchev–Trinajstić information content (AvgIpc) is 3.32. The zero-order valence-corrected chi connectivity index (χ0v) is 21.2. The van der Waals surface area contributed by atoms with E-state index in [1.54, 1.807) is 7.11 Å². The summed E-state index contributed by atoms with van der Waals surface area (Å²) in [6, 6.07) is 16.4. The summed E-state index contributed by atoms with van der Waals surface area (Å²) in [7, 11) is 1.67. The second-order valence-corrected chi connectivity index (χ2v) is 9.03. The molecule has 7 heteroatoms. The Balaban J connectivity index is 1.54. The lowest BCUT2D eigenvalue weighted by Crippen LogP contribution is -2.41. The number of nitrogens with one attached hydrogen (secondary N) is 1. The Kier molecular flexibility index (Phi) is 8.43. The smallest absolute Gasteiger partial charge is 0.176 e. The maximum absolute atomic E-state index is 6.29. The van der Waals surface area contributed by atoms with Crippen LogP contribution < -0.4 is 10.1 Å². The second kappa shape index (κ2) is 11.7. The first-order valence-electron chi connectivity index (χ1n) is 12.1. The first-order valence-corrected chi connectivity index (χ1v) is 12.5. The summed E-state index contributed by atoms with van der Waals surface area (Å²) in [4.78, 5) is 4.70. The normalized spacial score (nSPS) is 15.3. The van der Waals surface area contributed by atoms with Gasteiger partial charge < -0.3 is 24.1 Å². The molecule has 1 saturated heterocycles. The molecule has 34 heavy (non-hydrogen) atoms. The number of methoxy groups -OCH3 is 1. The molecule has 0 unspecified atom stereocenters. The molecule has 0 radical (unpaired) electrons. The number of benzene rings is 2. The van der Waals surface area contributed by atoms with Crippen LogP contribution in [-0.4, -0.2) is 61.4 Å². The van der Waals surface area contributed by atoms with E-state index in [0.717, 1.165) is 80.4 Å². The molecule has 1 N–H and O–H groups in total. The van der Waals surface area contributed by atoms with Crippen molar-refractivity contribution in [1.29, 1.82) is 0 Å². The number of fused-ring (bicyclic) bond motifs is 1. The van der Waals surface area contributed by atoms with Gasteiger partial charge in [0.05, 0.1) is 26.4 Å². The number of aryl methyl sites for hydroxylation is 1. The Morgan fingerprint density at radius 2 is 1.97 bits per heavy atom. The molecule has 1 atom stereocenters. The molecular formula is C27H35N3O3S. The van der Waals surface area contributed by atoms with Crippen LogP contribution in [-0.2, 0) is 11.2 Å². The predicted octanol–water partition coefficient (Wildman–Crippen LogP) is 5.49. The van der Waals surface area contributed by atoms with Crippen LogP contribution in [0.25, 0.3) is 11.0 Å². The molecule has 3 aromatic rings. The van der Waals surface area contributed by atoms with Gasteiger partial charge in [0.2, 0.25) is 0 Å². The molecule has 6 nitrogen and oxygen atoms in total. The highest BCUT2D eigenvalue weighted by Crippen LogP contribution is 2.33. The number of ether oxygens (including phenoxy) is 2. The molecule has 1 aliphatic rings. The van der Waals surface area contributed by atoms with Gasteiger partial charge in [0.15, 0.2) is 16.4 Å². The molecule has 0 saturated carbocycles. The highest BCUT2D eigenvalue weighted by atomic mass is 32.1. The summed E-state index contributed by atoms with van der Waals surface area (Å²) in [5, 5.41) is 5.26. The largest absolute Gasteiger partial charge is 0.493 e. The van der Waals surface area contributed by atoms with E-state index in [-0.39, 0.29) is 6.04 Å². The molecule has 2 heterocycles. The van der Waals surface area contributed by atoms with E-state index >= 15 is 0 Å². The SMILES string of the molecule is CCc1ccccc1NC(=S)N(CCCN1CCOCC1)[C@H](C)c1cc2cccc(OC)c2o1. The standard InChI is InChI=1S/C27H35N3O3S/c1-4-21-9-5-6-11-23(21)28-27(34)30(14-8-13-29-15-17-32-18-16-29)20(2)25-19-22-10-7-12-24(31-3)26(22)33-25/h5-7,9-12,19-20H,4,8,13-18H2,1-3H3,(H,28,34)/t20-/m1/s1. The van der Waals surface area contributed by atoms with Crippen LogP contribution in [0.4, 0.5) is 5.69 Å². The molecule has 182 valence electrons. The van der Waals surface area contributed by atoms with Gasteiger partial charge in [0, 0.05) is 37.3 Å². The number of furan rings is 1. The number of anilines is 1.